The highest BCUT2D eigenvalue weighted by molar-refractivity contribution is 5.32. The molecule has 3 nitrogen and oxygen atoms in total. The Morgan fingerprint density at radius 2 is 2.21 bits per heavy atom. The Balaban J connectivity index is 2.00. The Labute approximate surface area is 114 Å². The molecule has 0 saturated carbocycles. The highest BCUT2D eigenvalue weighted by Gasteiger charge is 2.23. The van der Waals surface area contributed by atoms with Crippen LogP contribution in [-0.4, -0.2) is 26.4 Å². The summed E-state index contributed by atoms with van der Waals surface area (Å²) in [6, 6.07) is 5.55. The lowest BCUT2D eigenvalue weighted by Crippen LogP contribution is -2.35. The molecule has 2 rings (SSSR count). The SMILES string of the molecule is COc1cc([C@H](C)N[C@H](C)[C@H]2CCOC2)ccc1F. The van der Waals surface area contributed by atoms with E-state index in [4.69, 9.17) is 9.47 Å². The van der Waals surface area contributed by atoms with E-state index >= 15 is 0 Å². The van der Waals surface area contributed by atoms with Crippen LogP contribution in [0.15, 0.2) is 18.2 Å². The smallest absolute Gasteiger partial charge is 0.165 e. The van der Waals surface area contributed by atoms with Gasteiger partial charge in [0, 0.05) is 18.7 Å². The fraction of sp³-hybridized carbons (Fsp3) is 0.600. The number of methoxy groups -OCH3 is 1. The van der Waals surface area contributed by atoms with E-state index in [-0.39, 0.29) is 11.9 Å². The van der Waals surface area contributed by atoms with Crippen molar-refractivity contribution in [3.63, 3.8) is 0 Å². The van der Waals surface area contributed by atoms with E-state index in [0.717, 1.165) is 25.2 Å². The summed E-state index contributed by atoms with van der Waals surface area (Å²) in [5.41, 5.74) is 1.03. The molecule has 1 N–H and O–H groups in total. The van der Waals surface area contributed by atoms with Crippen LogP contribution in [0.3, 0.4) is 0 Å². The molecule has 1 aliphatic heterocycles. The Morgan fingerprint density at radius 1 is 1.42 bits per heavy atom. The second-order valence-electron chi connectivity index (χ2n) is 5.19. The van der Waals surface area contributed by atoms with Crippen molar-refractivity contribution < 1.29 is 13.9 Å². The average Bonchev–Trinajstić information content (AvgIpc) is 2.93. The lowest BCUT2D eigenvalue weighted by Gasteiger charge is -2.24. The number of ether oxygens (including phenoxy) is 2. The standard InChI is InChI=1S/C15H22FNO2/c1-10(17-11(2)13-6-7-19-9-13)12-4-5-14(16)15(8-12)18-3/h4-5,8,10-11,13,17H,6-7,9H2,1-3H3/t10-,11+,13-/m0/s1. The Bertz CT molecular complexity index is 419. The molecule has 1 fully saturated rings. The van der Waals surface area contributed by atoms with Crippen molar-refractivity contribution in [2.75, 3.05) is 20.3 Å². The summed E-state index contributed by atoms with van der Waals surface area (Å²) in [5.74, 6) is 0.531. The lowest BCUT2D eigenvalue weighted by molar-refractivity contribution is 0.177. The molecule has 0 spiro atoms. The van der Waals surface area contributed by atoms with Gasteiger partial charge in [0.15, 0.2) is 11.6 Å². The van der Waals surface area contributed by atoms with Gasteiger partial charge in [0.2, 0.25) is 0 Å². The molecule has 0 aromatic heterocycles. The molecular formula is C15H22FNO2. The molecule has 0 radical (unpaired) electrons. The van der Waals surface area contributed by atoms with Gasteiger partial charge in [-0.1, -0.05) is 6.07 Å². The summed E-state index contributed by atoms with van der Waals surface area (Å²) < 4.78 is 23.8. The first kappa shape index (κ1) is 14.3. The van der Waals surface area contributed by atoms with E-state index in [9.17, 15) is 4.39 Å². The summed E-state index contributed by atoms with van der Waals surface area (Å²) in [7, 11) is 1.48. The topological polar surface area (TPSA) is 30.5 Å². The molecular weight excluding hydrogens is 245 g/mol. The van der Waals surface area contributed by atoms with E-state index in [1.807, 2.05) is 0 Å². The summed E-state index contributed by atoms with van der Waals surface area (Å²) >= 11 is 0. The number of rotatable bonds is 5. The molecule has 19 heavy (non-hydrogen) atoms. The van der Waals surface area contributed by atoms with Crippen molar-refractivity contribution in [1.82, 2.24) is 5.32 Å². The third-order valence-corrected chi connectivity index (χ3v) is 3.86. The fourth-order valence-electron chi connectivity index (χ4n) is 2.52. The van der Waals surface area contributed by atoms with Gasteiger partial charge in [-0.3, -0.25) is 0 Å². The largest absolute Gasteiger partial charge is 0.494 e. The van der Waals surface area contributed by atoms with Gasteiger partial charge in [-0.05, 0) is 43.9 Å². The third kappa shape index (κ3) is 3.45. The van der Waals surface area contributed by atoms with Gasteiger partial charge >= 0.3 is 0 Å². The first-order valence-corrected chi connectivity index (χ1v) is 6.79. The number of hydrogen-bond acceptors (Lipinski definition) is 3. The minimum absolute atomic E-state index is 0.157. The molecule has 1 saturated heterocycles. The normalized spacial score (nSPS) is 22.2. The maximum absolute atomic E-state index is 13.4. The van der Waals surface area contributed by atoms with Crippen LogP contribution in [0.4, 0.5) is 4.39 Å². The van der Waals surface area contributed by atoms with Crippen molar-refractivity contribution in [3.05, 3.63) is 29.6 Å². The molecule has 0 amide bonds. The second kappa shape index (κ2) is 6.35. The average molecular weight is 267 g/mol. The van der Waals surface area contributed by atoms with Crippen molar-refractivity contribution in [2.45, 2.75) is 32.4 Å². The Morgan fingerprint density at radius 3 is 2.84 bits per heavy atom. The van der Waals surface area contributed by atoms with Crippen LogP contribution in [0.5, 0.6) is 5.75 Å². The van der Waals surface area contributed by atoms with E-state index in [0.29, 0.717) is 17.7 Å². The van der Waals surface area contributed by atoms with E-state index in [2.05, 4.69) is 19.2 Å². The predicted octanol–water partition coefficient (Wildman–Crippen LogP) is 2.91. The molecule has 1 aliphatic rings. The molecule has 4 heteroatoms. The van der Waals surface area contributed by atoms with E-state index < -0.39 is 0 Å². The van der Waals surface area contributed by atoms with Crippen LogP contribution in [0, 0.1) is 11.7 Å². The molecule has 106 valence electrons. The maximum Gasteiger partial charge on any atom is 0.165 e. The molecule has 0 unspecified atom stereocenters. The minimum Gasteiger partial charge on any atom is -0.494 e. The monoisotopic (exact) mass is 267 g/mol. The highest BCUT2D eigenvalue weighted by Crippen LogP contribution is 2.24. The highest BCUT2D eigenvalue weighted by atomic mass is 19.1. The predicted molar refractivity (Wildman–Crippen MR) is 72.9 cm³/mol. The van der Waals surface area contributed by atoms with Crippen LogP contribution in [0.1, 0.15) is 31.9 Å². The second-order valence-corrected chi connectivity index (χ2v) is 5.19. The van der Waals surface area contributed by atoms with Gasteiger partial charge in [0.25, 0.3) is 0 Å². The quantitative estimate of drug-likeness (QED) is 0.889. The summed E-state index contributed by atoms with van der Waals surface area (Å²) in [4.78, 5) is 0. The molecule has 1 aromatic rings. The van der Waals surface area contributed by atoms with Gasteiger partial charge in [0.05, 0.1) is 13.7 Å². The van der Waals surface area contributed by atoms with E-state index in [1.54, 1.807) is 12.1 Å². The van der Waals surface area contributed by atoms with Crippen molar-refractivity contribution in [3.8, 4) is 5.75 Å². The third-order valence-electron chi connectivity index (χ3n) is 3.86. The molecule has 3 atom stereocenters. The maximum atomic E-state index is 13.4. The first-order chi connectivity index (χ1) is 9.11. The Hall–Kier alpha value is -1.13. The number of nitrogens with one attached hydrogen (secondary N) is 1. The number of benzene rings is 1. The minimum atomic E-state index is -0.323. The fourth-order valence-corrected chi connectivity index (χ4v) is 2.52. The zero-order chi connectivity index (χ0) is 13.8. The van der Waals surface area contributed by atoms with Gasteiger partial charge < -0.3 is 14.8 Å². The summed E-state index contributed by atoms with van der Waals surface area (Å²) in [6.07, 6.45) is 1.10. The molecule has 1 aromatic carbocycles. The van der Waals surface area contributed by atoms with Crippen LogP contribution < -0.4 is 10.1 Å². The summed E-state index contributed by atoms with van der Waals surface area (Å²) in [5, 5.41) is 3.55. The molecule has 0 bridgehead atoms. The first-order valence-electron chi connectivity index (χ1n) is 6.79. The number of halogens is 1. The molecule has 0 aliphatic carbocycles. The van der Waals surface area contributed by atoms with Crippen molar-refractivity contribution in [1.29, 1.82) is 0 Å². The Kier molecular flexibility index (Phi) is 4.77. The van der Waals surface area contributed by atoms with Crippen LogP contribution >= 0.6 is 0 Å². The summed E-state index contributed by atoms with van der Waals surface area (Å²) in [6.45, 7) is 5.94. The van der Waals surface area contributed by atoms with Crippen LogP contribution in [0.25, 0.3) is 0 Å². The zero-order valence-corrected chi connectivity index (χ0v) is 11.8. The van der Waals surface area contributed by atoms with Crippen molar-refractivity contribution in [2.24, 2.45) is 5.92 Å². The lowest BCUT2D eigenvalue weighted by atomic mass is 9.98. The van der Waals surface area contributed by atoms with Gasteiger partial charge in [-0.2, -0.15) is 0 Å². The van der Waals surface area contributed by atoms with Crippen LogP contribution in [0.2, 0.25) is 0 Å². The van der Waals surface area contributed by atoms with Gasteiger partial charge in [-0.15, -0.1) is 0 Å². The molecule has 1 heterocycles. The van der Waals surface area contributed by atoms with Crippen LogP contribution in [-0.2, 0) is 4.74 Å². The van der Waals surface area contributed by atoms with E-state index in [1.165, 1.54) is 13.2 Å². The zero-order valence-electron chi connectivity index (χ0n) is 11.8. The van der Waals surface area contributed by atoms with Crippen molar-refractivity contribution >= 4 is 0 Å². The van der Waals surface area contributed by atoms with Gasteiger partial charge in [-0.25, -0.2) is 4.39 Å². The van der Waals surface area contributed by atoms with Gasteiger partial charge in [0.1, 0.15) is 0 Å². The number of hydrogen-bond donors (Lipinski definition) is 1.